The standard InChI is InChI=1S/C29H27NO3.C29H23NO3.C25H19NO5/c2*1-3-21-5-13-25(14-6-21)32-27-17-9-23(10-18-27)29(31)30-24-11-19-28(20-12-24)33-26-15-7-22(4-2)8-16-26;27-19-3-1-5-23(15-19)30-21-11-7-17(8-12-21)25(29)26-18-9-13-22(14-10-18)31-24-6-2-4-20(28)16-24/h5-20H,3-4H2,1-2H3,(H,30,31);3-20H,1-2H2,(H,30,31);1-16,27-28H,(H,26,29). The number of carbonyl (C=O) groups is 3. The van der Waals surface area contributed by atoms with E-state index < -0.39 is 0 Å². The van der Waals surface area contributed by atoms with Crippen LogP contribution >= 0.6 is 0 Å². The van der Waals surface area contributed by atoms with Crippen molar-refractivity contribution in [2.24, 2.45) is 0 Å². The first-order chi connectivity index (χ1) is 47.3. The Bertz CT molecular complexity index is 4550. The summed E-state index contributed by atoms with van der Waals surface area (Å²) in [7, 11) is 0. The highest BCUT2D eigenvalue weighted by atomic mass is 16.5. The van der Waals surface area contributed by atoms with Gasteiger partial charge in [0.05, 0.1) is 0 Å². The molecule has 3 amide bonds. The highest BCUT2D eigenvalue weighted by Crippen LogP contribution is 2.31. The molecule has 12 aromatic rings. The maximum Gasteiger partial charge on any atom is 0.255 e. The van der Waals surface area contributed by atoms with Crippen LogP contribution in [0.1, 0.15) is 67.2 Å². The molecule has 0 aliphatic heterocycles. The third-order valence-electron chi connectivity index (χ3n) is 14.6. The predicted octanol–water partition coefficient (Wildman–Crippen LogP) is 21.4. The molecule has 0 saturated heterocycles. The van der Waals surface area contributed by atoms with Crippen LogP contribution in [0, 0.1) is 0 Å². The van der Waals surface area contributed by atoms with Crippen molar-refractivity contribution in [1.82, 2.24) is 0 Å². The van der Waals surface area contributed by atoms with Crippen LogP contribution in [-0.2, 0) is 12.8 Å². The highest BCUT2D eigenvalue weighted by molar-refractivity contribution is 6.05. The number of hydrogen-bond donors (Lipinski definition) is 5. The molecular weight excluding hydrogens is 1210 g/mol. The van der Waals surface area contributed by atoms with Gasteiger partial charge in [-0.3, -0.25) is 14.4 Å². The Morgan fingerprint density at radius 2 is 0.515 bits per heavy atom. The van der Waals surface area contributed by atoms with Crippen LogP contribution in [0.5, 0.6) is 80.5 Å². The molecule has 0 radical (unpaired) electrons. The van der Waals surface area contributed by atoms with E-state index >= 15 is 0 Å². The lowest BCUT2D eigenvalue weighted by Crippen LogP contribution is -2.11. The van der Waals surface area contributed by atoms with E-state index in [1.54, 1.807) is 158 Å². The number of amides is 3. The zero-order valence-corrected chi connectivity index (χ0v) is 53.3. The van der Waals surface area contributed by atoms with Crippen molar-refractivity contribution in [2.75, 3.05) is 16.0 Å². The number of aromatic hydroxyl groups is 2. The zero-order chi connectivity index (χ0) is 67.7. The van der Waals surface area contributed by atoms with Gasteiger partial charge in [-0.15, -0.1) is 0 Å². The van der Waals surface area contributed by atoms with Crippen molar-refractivity contribution in [2.45, 2.75) is 26.7 Å². The number of nitrogens with one attached hydrogen (secondary N) is 3. The molecule has 12 rings (SSSR count). The summed E-state index contributed by atoms with van der Waals surface area (Å²) in [6.07, 6.45) is 5.55. The fraction of sp³-hybridized carbons (Fsp3) is 0.0482. The molecule has 0 saturated carbocycles. The number of hydrogen-bond acceptors (Lipinski definition) is 11. The van der Waals surface area contributed by atoms with Gasteiger partial charge in [0.2, 0.25) is 0 Å². The maximum atomic E-state index is 12.6. The first-order valence-electron chi connectivity index (χ1n) is 31.1. The number of anilines is 3. The molecule has 0 spiro atoms. The maximum absolute atomic E-state index is 12.6. The molecule has 0 aliphatic rings. The van der Waals surface area contributed by atoms with Crippen molar-refractivity contribution in [3.63, 3.8) is 0 Å². The fourth-order valence-corrected chi connectivity index (χ4v) is 9.29. The zero-order valence-electron chi connectivity index (χ0n) is 53.3. The van der Waals surface area contributed by atoms with Crippen LogP contribution in [0.4, 0.5) is 17.1 Å². The monoisotopic (exact) mass is 1280 g/mol. The normalized spacial score (nSPS) is 10.3. The first-order valence-corrected chi connectivity index (χ1v) is 31.1. The van der Waals surface area contributed by atoms with E-state index in [0.29, 0.717) is 79.7 Å². The van der Waals surface area contributed by atoms with E-state index in [1.165, 1.54) is 23.3 Å². The summed E-state index contributed by atoms with van der Waals surface area (Å²) in [5, 5.41) is 27.6. The number of carbonyl (C=O) groups excluding carboxylic acids is 3. The Balaban J connectivity index is 0.000000158. The Morgan fingerprint density at radius 1 is 0.299 bits per heavy atom. The van der Waals surface area contributed by atoms with E-state index in [-0.39, 0.29) is 29.2 Å². The van der Waals surface area contributed by atoms with Crippen LogP contribution in [0.15, 0.2) is 304 Å². The molecule has 97 heavy (non-hydrogen) atoms. The van der Waals surface area contributed by atoms with Gasteiger partial charge in [-0.05, 0) is 253 Å². The molecule has 14 heteroatoms. The molecule has 0 aromatic heterocycles. The molecule has 482 valence electrons. The number of benzene rings is 12. The lowest BCUT2D eigenvalue weighted by atomic mass is 10.1. The summed E-state index contributed by atoms with van der Waals surface area (Å²) in [5.41, 5.74) is 8.15. The van der Waals surface area contributed by atoms with E-state index in [9.17, 15) is 24.6 Å². The predicted molar refractivity (Wildman–Crippen MR) is 384 cm³/mol. The summed E-state index contributed by atoms with van der Waals surface area (Å²) in [4.78, 5) is 37.7. The minimum absolute atomic E-state index is 0.117. The van der Waals surface area contributed by atoms with E-state index in [4.69, 9.17) is 28.4 Å². The van der Waals surface area contributed by atoms with E-state index in [2.05, 4.69) is 67.2 Å². The topological polar surface area (TPSA) is 183 Å². The molecule has 12 aromatic carbocycles. The van der Waals surface area contributed by atoms with E-state index in [1.807, 2.05) is 109 Å². The number of phenols is 2. The second-order valence-electron chi connectivity index (χ2n) is 21.7. The molecule has 0 atom stereocenters. The van der Waals surface area contributed by atoms with Gasteiger partial charge in [-0.2, -0.15) is 0 Å². The minimum atomic E-state index is -0.259. The van der Waals surface area contributed by atoms with Gasteiger partial charge < -0.3 is 54.6 Å². The fourth-order valence-electron chi connectivity index (χ4n) is 9.29. The number of phenolic OH excluding ortho intramolecular Hbond substituents is 2. The smallest absolute Gasteiger partial charge is 0.255 e. The van der Waals surface area contributed by atoms with Gasteiger partial charge in [0.1, 0.15) is 80.5 Å². The Labute approximate surface area is 563 Å². The third-order valence-corrected chi connectivity index (χ3v) is 14.6. The second kappa shape index (κ2) is 33.5. The lowest BCUT2D eigenvalue weighted by Gasteiger charge is -2.10. The van der Waals surface area contributed by atoms with Crippen LogP contribution in [0.2, 0.25) is 0 Å². The third kappa shape index (κ3) is 20.5. The molecule has 0 fully saturated rings. The first kappa shape index (κ1) is 66.8. The summed E-state index contributed by atoms with van der Waals surface area (Å²) in [6.45, 7) is 11.7. The van der Waals surface area contributed by atoms with Gasteiger partial charge in [-0.25, -0.2) is 0 Å². The molecule has 0 bridgehead atoms. The van der Waals surface area contributed by atoms with Crippen molar-refractivity contribution >= 4 is 46.9 Å². The number of ether oxygens (including phenoxy) is 6. The highest BCUT2D eigenvalue weighted by Gasteiger charge is 2.12. The SMILES string of the molecule is C=Cc1ccc(Oc2ccc(NC(=O)c3ccc(Oc4ccc(C=C)cc4)cc3)cc2)cc1.CCc1ccc(Oc2ccc(NC(=O)c3ccc(Oc4ccc(CC)cc4)cc3)cc2)cc1.O=C(Nc1ccc(Oc2cccc(O)c2)cc1)c1ccc(Oc2cccc(O)c2)cc1. The Morgan fingerprint density at radius 3 is 0.742 bits per heavy atom. The van der Waals surface area contributed by atoms with Crippen LogP contribution < -0.4 is 44.4 Å². The summed E-state index contributed by atoms with van der Waals surface area (Å²) >= 11 is 0. The van der Waals surface area contributed by atoms with Gasteiger partial charge in [-0.1, -0.05) is 99.8 Å². The average molecular weight is 1280 g/mol. The van der Waals surface area contributed by atoms with Gasteiger partial charge >= 0.3 is 0 Å². The largest absolute Gasteiger partial charge is 0.508 e. The molecule has 14 nitrogen and oxygen atoms in total. The van der Waals surface area contributed by atoms with Crippen LogP contribution in [0.3, 0.4) is 0 Å². The number of rotatable bonds is 22. The van der Waals surface area contributed by atoms with Gasteiger partial charge in [0, 0.05) is 45.9 Å². The van der Waals surface area contributed by atoms with Gasteiger partial charge in [0.15, 0.2) is 0 Å². The minimum Gasteiger partial charge on any atom is -0.508 e. The van der Waals surface area contributed by atoms with Crippen molar-refractivity contribution in [3.05, 3.63) is 343 Å². The van der Waals surface area contributed by atoms with Crippen LogP contribution in [0.25, 0.3) is 12.2 Å². The van der Waals surface area contributed by atoms with Gasteiger partial charge in [0.25, 0.3) is 17.7 Å². The summed E-state index contributed by atoms with van der Waals surface area (Å²) < 4.78 is 34.7. The molecule has 5 N–H and O–H groups in total. The molecule has 0 heterocycles. The Hall–Kier alpha value is -13.1. The molecule has 0 unspecified atom stereocenters. The number of aryl methyl sites for hydroxylation is 2. The molecule has 0 aliphatic carbocycles. The summed E-state index contributed by atoms with van der Waals surface area (Å²) in [5.74, 6) is 7.49. The second-order valence-corrected chi connectivity index (χ2v) is 21.7. The quantitative estimate of drug-likeness (QED) is 0.0435. The van der Waals surface area contributed by atoms with Crippen LogP contribution in [-0.4, -0.2) is 27.9 Å². The Kier molecular flexibility index (Phi) is 23.1. The average Bonchev–Trinajstić information content (AvgIpc) is 1.34. The van der Waals surface area contributed by atoms with Crippen molar-refractivity contribution in [1.29, 1.82) is 0 Å². The van der Waals surface area contributed by atoms with Crippen molar-refractivity contribution in [3.8, 4) is 80.5 Å². The lowest BCUT2D eigenvalue weighted by molar-refractivity contribution is 0.101. The van der Waals surface area contributed by atoms with Crippen molar-refractivity contribution < 1.29 is 53.0 Å². The molecular formula is C83H69N3O11. The van der Waals surface area contributed by atoms with E-state index in [0.717, 1.165) is 47.0 Å². The summed E-state index contributed by atoms with van der Waals surface area (Å²) in [6, 6.07) is 86.5.